The van der Waals surface area contributed by atoms with Crippen molar-refractivity contribution < 1.29 is 14.3 Å². The molecular formula is C24H27N3O4S2. The molecule has 1 atom stereocenters. The lowest BCUT2D eigenvalue weighted by atomic mass is 9.89. The number of rotatable bonds is 8. The Hall–Kier alpha value is -2.78. The predicted molar refractivity (Wildman–Crippen MR) is 134 cm³/mol. The number of ether oxygens (including phenoxy) is 2. The Morgan fingerprint density at radius 1 is 1.33 bits per heavy atom. The smallest absolute Gasteiger partial charge is 0.263 e. The fraction of sp³-hybridized carbons (Fsp3) is 0.375. The average molecular weight is 486 g/mol. The molecule has 0 bridgehead atoms. The molecule has 0 saturated heterocycles. The topological polar surface area (TPSA) is 82.5 Å². The molecule has 3 aromatic rings. The molecule has 1 aliphatic carbocycles. The Labute approximate surface area is 200 Å². The second kappa shape index (κ2) is 10.0. The van der Waals surface area contributed by atoms with Gasteiger partial charge in [-0.1, -0.05) is 24.8 Å². The van der Waals surface area contributed by atoms with Crippen molar-refractivity contribution in [2.45, 2.75) is 37.9 Å². The average Bonchev–Trinajstić information content (AvgIpc) is 3.16. The predicted octanol–water partition coefficient (Wildman–Crippen LogP) is 4.52. The molecule has 1 amide bonds. The molecule has 0 fully saturated rings. The Bertz CT molecular complexity index is 1240. The zero-order chi connectivity index (χ0) is 23.5. The van der Waals surface area contributed by atoms with Crippen molar-refractivity contribution in [3.63, 3.8) is 0 Å². The van der Waals surface area contributed by atoms with E-state index in [0.29, 0.717) is 34.8 Å². The van der Waals surface area contributed by atoms with E-state index in [1.807, 2.05) is 0 Å². The van der Waals surface area contributed by atoms with E-state index in [4.69, 9.17) is 14.5 Å². The van der Waals surface area contributed by atoms with Crippen LogP contribution in [0.5, 0.6) is 11.5 Å². The van der Waals surface area contributed by atoms with E-state index in [1.54, 1.807) is 54.4 Å². The molecule has 0 aliphatic heterocycles. The number of allylic oxidation sites excluding steroid dienone is 1. The molecule has 7 nitrogen and oxygen atoms in total. The zero-order valence-electron chi connectivity index (χ0n) is 19.0. The van der Waals surface area contributed by atoms with Gasteiger partial charge in [0.15, 0.2) is 5.16 Å². The van der Waals surface area contributed by atoms with Crippen LogP contribution in [-0.2, 0) is 24.2 Å². The number of nitrogens with zero attached hydrogens (tertiary/aromatic N) is 2. The largest absolute Gasteiger partial charge is 0.497 e. The molecule has 1 N–H and O–H groups in total. The minimum Gasteiger partial charge on any atom is -0.497 e. The second-order valence-electron chi connectivity index (χ2n) is 8.07. The molecule has 1 aliphatic rings. The number of aryl methyl sites for hydroxylation is 1. The van der Waals surface area contributed by atoms with E-state index in [2.05, 4.69) is 18.8 Å². The second-order valence-corrected chi connectivity index (χ2v) is 10.1. The molecular weight excluding hydrogens is 458 g/mol. The van der Waals surface area contributed by atoms with Gasteiger partial charge in [-0.3, -0.25) is 14.2 Å². The number of benzene rings is 1. The summed E-state index contributed by atoms with van der Waals surface area (Å²) in [6, 6.07) is 5.18. The molecule has 1 unspecified atom stereocenters. The number of thiophene rings is 1. The number of carbonyl (C=O) groups is 1. The number of hydrogen-bond donors (Lipinski definition) is 1. The van der Waals surface area contributed by atoms with Gasteiger partial charge in [-0.2, -0.15) is 0 Å². The molecule has 2 heterocycles. The van der Waals surface area contributed by atoms with Crippen molar-refractivity contribution in [2.75, 3.05) is 25.3 Å². The lowest BCUT2D eigenvalue weighted by molar-refractivity contribution is -0.113. The number of thioether (sulfide) groups is 1. The summed E-state index contributed by atoms with van der Waals surface area (Å²) in [5.41, 5.74) is 1.68. The summed E-state index contributed by atoms with van der Waals surface area (Å²) in [5.74, 6) is 1.68. The number of amides is 1. The maximum Gasteiger partial charge on any atom is 0.263 e. The summed E-state index contributed by atoms with van der Waals surface area (Å²) in [6.45, 7) is 6.38. The van der Waals surface area contributed by atoms with Crippen molar-refractivity contribution in [1.82, 2.24) is 9.55 Å². The zero-order valence-corrected chi connectivity index (χ0v) is 20.6. The van der Waals surface area contributed by atoms with Gasteiger partial charge in [0.05, 0.1) is 25.4 Å². The molecule has 9 heteroatoms. The van der Waals surface area contributed by atoms with Crippen LogP contribution in [0.25, 0.3) is 10.2 Å². The lowest BCUT2D eigenvalue weighted by Gasteiger charge is -2.17. The highest BCUT2D eigenvalue weighted by atomic mass is 32.2. The van der Waals surface area contributed by atoms with E-state index in [-0.39, 0.29) is 17.2 Å². The Balaban J connectivity index is 1.58. The van der Waals surface area contributed by atoms with Gasteiger partial charge >= 0.3 is 0 Å². The van der Waals surface area contributed by atoms with Crippen molar-refractivity contribution in [1.29, 1.82) is 0 Å². The summed E-state index contributed by atoms with van der Waals surface area (Å²) >= 11 is 2.86. The van der Waals surface area contributed by atoms with E-state index in [1.165, 1.54) is 16.6 Å². The van der Waals surface area contributed by atoms with Gasteiger partial charge in [0.1, 0.15) is 16.3 Å². The SMILES string of the molecule is C=CCn1c(SCC(=O)Nc2cc(OC)cc(OC)c2)nc2sc3c(c2c1=O)CCC(C)C3. The van der Waals surface area contributed by atoms with Crippen LogP contribution in [0.1, 0.15) is 23.8 Å². The van der Waals surface area contributed by atoms with Gasteiger partial charge in [0.25, 0.3) is 5.56 Å². The minimum absolute atomic E-state index is 0.0487. The van der Waals surface area contributed by atoms with Crippen LogP contribution in [0.3, 0.4) is 0 Å². The summed E-state index contributed by atoms with van der Waals surface area (Å²) in [5, 5.41) is 4.12. The van der Waals surface area contributed by atoms with E-state index in [0.717, 1.165) is 35.0 Å². The number of hydrogen-bond acceptors (Lipinski definition) is 7. The number of nitrogens with one attached hydrogen (secondary N) is 1. The van der Waals surface area contributed by atoms with Crippen LogP contribution >= 0.6 is 23.1 Å². The fourth-order valence-electron chi connectivity index (χ4n) is 4.01. The summed E-state index contributed by atoms with van der Waals surface area (Å²) in [6.07, 6.45) is 4.68. The molecule has 0 saturated carbocycles. The number of methoxy groups -OCH3 is 2. The number of carbonyl (C=O) groups excluding carboxylic acids is 1. The van der Waals surface area contributed by atoms with Crippen molar-refractivity contribution >= 4 is 44.9 Å². The van der Waals surface area contributed by atoms with Gasteiger partial charge < -0.3 is 14.8 Å². The first-order valence-corrected chi connectivity index (χ1v) is 12.5. The summed E-state index contributed by atoms with van der Waals surface area (Å²) in [7, 11) is 3.11. The molecule has 174 valence electrons. The monoisotopic (exact) mass is 485 g/mol. The van der Waals surface area contributed by atoms with E-state index < -0.39 is 0 Å². The highest BCUT2D eigenvalue weighted by Crippen LogP contribution is 2.36. The molecule has 33 heavy (non-hydrogen) atoms. The Morgan fingerprint density at radius 2 is 2.06 bits per heavy atom. The number of aromatic nitrogens is 2. The van der Waals surface area contributed by atoms with E-state index in [9.17, 15) is 9.59 Å². The number of fused-ring (bicyclic) bond motifs is 3. The van der Waals surface area contributed by atoms with Gasteiger partial charge in [0, 0.05) is 35.3 Å². The van der Waals surface area contributed by atoms with Crippen LogP contribution in [0.2, 0.25) is 0 Å². The third kappa shape index (κ3) is 4.94. The summed E-state index contributed by atoms with van der Waals surface area (Å²) in [4.78, 5) is 32.9. The molecule has 1 aromatic carbocycles. The normalized spacial score (nSPS) is 15.2. The Morgan fingerprint density at radius 3 is 2.73 bits per heavy atom. The third-order valence-corrected chi connectivity index (χ3v) is 7.78. The van der Waals surface area contributed by atoms with Crippen molar-refractivity contribution in [3.8, 4) is 11.5 Å². The van der Waals surface area contributed by atoms with Crippen LogP contribution in [0.4, 0.5) is 5.69 Å². The van der Waals surface area contributed by atoms with Gasteiger partial charge in [-0.25, -0.2) is 4.98 Å². The lowest BCUT2D eigenvalue weighted by Crippen LogP contribution is -2.24. The standard InChI is InChI=1S/C24H27N3O4S2/c1-5-8-27-23(29)21-18-7-6-14(2)9-19(18)33-22(21)26-24(27)32-13-20(28)25-15-10-16(30-3)12-17(11-15)31-4/h5,10-12,14H,1,6-9,13H2,2-4H3,(H,25,28). The van der Waals surface area contributed by atoms with Crippen molar-refractivity contribution in [3.05, 3.63) is 51.6 Å². The Kier molecular flexibility index (Phi) is 7.09. The van der Waals surface area contributed by atoms with Gasteiger partial charge in [0.2, 0.25) is 5.91 Å². The van der Waals surface area contributed by atoms with Crippen LogP contribution in [0, 0.1) is 5.92 Å². The molecule has 4 rings (SSSR count). The molecule has 2 aromatic heterocycles. The third-order valence-electron chi connectivity index (χ3n) is 5.66. The quantitative estimate of drug-likeness (QED) is 0.287. The van der Waals surface area contributed by atoms with Crippen LogP contribution in [-0.4, -0.2) is 35.4 Å². The van der Waals surface area contributed by atoms with Crippen molar-refractivity contribution in [2.24, 2.45) is 5.92 Å². The summed E-state index contributed by atoms with van der Waals surface area (Å²) < 4.78 is 12.1. The van der Waals surface area contributed by atoms with Crippen LogP contribution < -0.4 is 20.3 Å². The highest BCUT2D eigenvalue weighted by Gasteiger charge is 2.24. The first kappa shape index (κ1) is 23.4. The first-order chi connectivity index (χ1) is 15.9. The maximum atomic E-state index is 13.4. The van der Waals surface area contributed by atoms with Crippen LogP contribution in [0.15, 0.2) is 40.8 Å². The van der Waals surface area contributed by atoms with Gasteiger partial charge in [-0.05, 0) is 30.7 Å². The molecule has 0 radical (unpaired) electrons. The maximum absolute atomic E-state index is 13.4. The highest BCUT2D eigenvalue weighted by molar-refractivity contribution is 7.99. The first-order valence-electron chi connectivity index (χ1n) is 10.7. The minimum atomic E-state index is -0.214. The molecule has 0 spiro atoms. The van der Waals surface area contributed by atoms with E-state index >= 15 is 0 Å². The van der Waals surface area contributed by atoms with Gasteiger partial charge in [-0.15, -0.1) is 17.9 Å². The fourth-order valence-corrected chi connectivity index (χ4v) is 6.24. The number of anilines is 1.